The summed E-state index contributed by atoms with van der Waals surface area (Å²) < 4.78 is 22.0. The molecule has 0 unspecified atom stereocenters. The molecule has 0 bridgehead atoms. The molecule has 2 aromatic carbocycles. The minimum absolute atomic E-state index is 0.281. The van der Waals surface area contributed by atoms with Crippen LogP contribution < -0.4 is 0 Å². The monoisotopic (exact) mass is 461 g/mol. The van der Waals surface area contributed by atoms with E-state index in [1.807, 2.05) is 4.57 Å². The van der Waals surface area contributed by atoms with Gasteiger partial charge in [-0.2, -0.15) is 0 Å². The Hall–Kier alpha value is -2.42. The summed E-state index contributed by atoms with van der Waals surface area (Å²) in [5, 5.41) is 18.4. The summed E-state index contributed by atoms with van der Waals surface area (Å²) in [6.45, 7) is 0. The summed E-state index contributed by atoms with van der Waals surface area (Å²) in [6, 6.07) is 11.9. The first kappa shape index (κ1) is 19.5. The number of thioether (sulfide) groups is 1. The van der Waals surface area contributed by atoms with Gasteiger partial charge in [-0.1, -0.05) is 47.1 Å². The fraction of sp³-hybridized carbons (Fsp3) is 0.200. The lowest BCUT2D eigenvalue weighted by Crippen LogP contribution is -2.01. The van der Waals surface area contributed by atoms with Crippen molar-refractivity contribution in [2.24, 2.45) is 0 Å². The molecule has 1 fully saturated rings. The first-order valence-electron chi connectivity index (χ1n) is 9.20. The lowest BCUT2D eigenvalue weighted by atomic mass is 10.2. The van der Waals surface area contributed by atoms with Crippen molar-refractivity contribution in [2.75, 3.05) is 0 Å². The van der Waals surface area contributed by atoms with Crippen molar-refractivity contribution in [3.63, 3.8) is 0 Å². The molecular weight excluding hydrogens is 448 g/mol. The Kier molecular flexibility index (Phi) is 5.22. The van der Waals surface area contributed by atoms with Crippen LogP contribution in [0, 0.1) is 5.82 Å². The van der Waals surface area contributed by atoms with Crippen molar-refractivity contribution >= 4 is 35.0 Å². The summed E-state index contributed by atoms with van der Waals surface area (Å²) in [5.74, 6) is 1.38. The Labute approximate surface area is 185 Å². The second kappa shape index (κ2) is 8.02. The first-order chi connectivity index (χ1) is 14.6. The first-order valence-corrected chi connectivity index (χ1v) is 10.9. The number of hydrogen-bond donors (Lipinski definition) is 0. The number of nitrogens with zero attached hydrogens (tertiary/aromatic N) is 5. The van der Waals surface area contributed by atoms with Crippen LogP contribution in [0.4, 0.5) is 4.39 Å². The maximum absolute atomic E-state index is 14.3. The molecule has 0 N–H and O–H groups in total. The summed E-state index contributed by atoms with van der Waals surface area (Å²) in [4.78, 5) is 0. The molecule has 1 aliphatic rings. The van der Waals surface area contributed by atoms with Crippen LogP contribution in [0.2, 0.25) is 10.0 Å². The van der Waals surface area contributed by atoms with Gasteiger partial charge in [-0.05, 0) is 43.2 Å². The van der Waals surface area contributed by atoms with E-state index in [4.69, 9.17) is 27.6 Å². The van der Waals surface area contributed by atoms with Crippen molar-refractivity contribution in [3.05, 3.63) is 64.2 Å². The maximum atomic E-state index is 14.3. The van der Waals surface area contributed by atoms with E-state index in [2.05, 4.69) is 20.4 Å². The molecule has 0 spiro atoms. The number of rotatable bonds is 6. The highest BCUT2D eigenvalue weighted by atomic mass is 35.5. The quantitative estimate of drug-likeness (QED) is 0.324. The normalized spacial score (nSPS) is 13.7. The van der Waals surface area contributed by atoms with Gasteiger partial charge in [-0.25, -0.2) is 4.39 Å². The highest BCUT2D eigenvalue weighted by molar-refractivity contribution is 7.98. The topological polar surface area (TPSA) is 69.6 Å². The molecule has 0 atom stereocenters. The van der Waals surface area contributed by atoms with E-state index in [0.717, 1.165) is 12.8 Å². The molecular formula is C20H14Cl2FN5OS. The summed E-state index contributed by atoms with van der Waals surface area (Å²) >= 11 is 13.6. The zero-order valence-corrected chi connectivity index (χ0v) is 17.8. The molecule has 2 heterocycles. The highest BCUT2D eigenvalue weighted by Gasteiger charge is 2.31. The average molecular weight is 462 g/mol. The minimum Gasteiger partial charge on any atom is -0.420 e. The van der Waals surface area contributed by atoms with E-state index in [0.29, 0.717) is 49.7 Å². The van der Waals surface area contributed by atoms with Crippen molar-refractivity contribution in [3.8, 4) is 22.8 Å². The Morgan fingerprint density at radius 3 is 2.63 bits per heavy atom. The number of aromatic nitrogens is 5. The molecule has 4 aromatic rings. The molecule has 1 aliphatic carbocycles. The highest BCUT2D eigenvalue weighted by Crippen LogP contribution is 2.42. The van der Waals surface area contributed by atoms with Gasteiger partial charge in [0.25, 0.3) is 0 Å². The molecule has 6 nitrogen and oxygen atoms in total. The molecule has 0 radical (unpaired) electrons. The van der Waals surface area contributed by atoms with E-state index in [1.165, 1.54) is 17.8 Å². The zero-order valence-electron chi connectivity index (χ0n) is 15.4. The van der Waals surface area contributed by atoms with Crippen LogP contribution in [0.1, 0.15) is 24.8 Å². The maximum Gasteiger partial charge on any atom is 0.249 e. The van der Waals surface area contributed by atoms with Crippen LogP contribution >= 0.6 is 35.0 Å². The second-order valence-corrected chi connectivity index (χ2v) is 8.59. The van der Waals surface area contributed by atoms with E-state index >= 15 is 0 Å². The molecule has 10 heteroatoms. The van der Waals surface area contributed by atoms with Gasteiger partial charge in [0.2, 0.25) is 11.8 Å². The standard InChI is InChI=1S/C20H14Cl2FN5OS/c21-11-5-8-13(15(22)9-11)19-26-24-17(29-19)10-30-20-27-25-18(28(20)12-6-7-12)14-3-1-2-4-16(14)23/h1-5,8-9,12H,6-7,10H2. The fourth-order valence-corrected chi connectivity index (χ4v) is 4.41. The molecule has 5 rings (SSSR count). The van der Waals surface area contributed by atoms with Gasteiger partial charge in [-0.15, -0.1) is 20.4 Å². The van der Waals surface area contributed by atoms with E-state index < -0.39 is 0 Å². The largest absolute Gasteiger partial charge is 0.420 e. The van der Waals surface area contributed by atoms with E-state index in [-0.39, 0.29) is 11.9 Å². The lowest BCUT2D eigenvalue weighted by Gasteiger charge is -2.08. The molecule has 30 heavy (non-hydrogen) atoms. The fourth-order valence-electron chi connectivity index (χ4n) is 3.07. The van der Waals surface area contributed by atoms with Gasteiger partial charge >= 0.3 is 0 Å². The van der Waals surface area contributed by atoms with Crippen molar-refractivity contribution in [1.82, 2.24) is 25.0 Å². The molecule has 0 saturated heterocycles. The van der Waals surface area contributed by atoms with Gasteiger partial charge in [-0.3, -0.25) is 4.57 Å². The third kappa shape index (κ3) is 3.82. The summed E-state index contributed by atoms with van der Waals surface area (Å²) in [5.41, 5.74) is 1.06. The van der Waals surface area contributed by atoms with Crippen molar-refractivity contribution in [1.29, 1.82) is 0 Å². The minimum atomic E-state index is -0.315. The van der Waals surface area contributed by atoms with Crippen LogP contribution in [0.15, 0.2) is 52.0 Å². The van der Waals surface area contributed by atoms with E-state index in [9.17, 15) is 4.39 Å². The van der Waals surface area contributed by atoms with Crippen LogP contribution in [-0.4, -0.2) is 25.0 Å². The number of halogens is 3. The van der Waals surface area contributed by atoms with Crippen LogP contribution in [0.25, 0.3) is 22.8 Å². The van der Waals surface area contributed by atoms with E-state index in [1.54, 1.807) is 36.4 Å². The van der Waals surface area contributed by atoms with Crippen molar-refractivity contribution in [2.45, 2.75) is 29.8 Å². The predicted molar refractivity (Wildman–Crippen MR) is 113 cm³/mol. The third-order valence-corrected chi connectivity index (χ3v) is 6.12. The molecule has 152 valence electrons. The van der Waals surface area contributed by atoms with Crippen LogP contribution in [0.3, 0.4) is 0 Å². The van der Waals surface area contributed by atoms with Gasteiger partial charge in [0, 0.05) is 11.1 Å². The SMILES string of the molecule is Fc1ccccc1-c1nnc(SCc2nnc(-c3ccc(Cl)cc3Cl)o2)n1C1CC1. The predicted octanol–water partition coefficient (Wildman–Crippen LogP) is 6.07. The number of hydrogen-bond acceptors (Lipinski definition) is 6. The third-order valence-electron chi connectivity index (χ3n) is 4.64. The summed E-state index contributed by atoms with van der Waals surface area (Å²) in [6.07, 6.45) is 2.04. The summed E-state index contributed by atoms with van der Waals surface area (Å²) in [7, 11) is 0. The smallest absolute Gasteiger partial charge is 0.249 e. The molecule has 1 saturated carbocycles. The lowest BCUT2D eigenvalue weighted by molar-refractivity contribution is 0.528. The second-order valence-electron chi connectivity index (χ2n) is 6.80. The average Bonchev–Trinajstić information content (AvgIpc) is 3.30. The van der Waals surface area contributed by atoms with Crippen LogP contribution in [0.5, 0.6) is 0 Å². The molecule has 0 amide bonds. The Bertz CT molecular complexity index is 1220. The zero-order chi connectivity index (χ0) is 20.7. The van der Waals surface area contributed by atoms with Crippen molar-refractivity contribution < 1.29 is 8.81 Å². The van der Waals surface area contributed by atoms with Gasteiger partial charge in [0.1, 0.15) is 5.82 Å². The van der Waals surface area contributed by atoms with Gasteiger partial charge in [0.05, 0.1) is 21.9 Å². The van der Waals surface area contributed by atoms with Gasteiger partial charge < -0.3 is 4.42 Å². The number of benzene rings is 2. The molecule has 0 aliphatic heterocycles. The van der Waals surface area contributed by atoms with Crippen LogP contribution in [-0.2, 0) is 5.75 Å². The Morgan fingerprint density at radius 1 is 1.03 bits per heavy atom. The molecule has 2 aromatic heterocycles. The van der Waals surface area contributed by atoms with Gasteiger partial charge in [0.15, 0.2) is 11.0 Å². The Balaban J connectivity index is 1.38. The Morgan fingerprint density at radius 2 is 1.87 bits per heavy atom.